The van der Waals surface area contributed by atoms with E-state index in [0.29, 0.717) is 6.42 Å². The van der Waals surface area contributed by atoms with Gasteiger partial charge < -0.3 is 9.84 Å². The maximum Gasteiger partial charge on any atom is 0.322 e. The topological polar surface area (TPSA) is 113 Å². The molecule has 0 aromatic heterocycles. The number of hydrogen-bond donors (Lipinski definition) is 2. The normalized spacial score (nSPS) is 14.8. The van der Waals surface area contributed by atoms with Crippen molar-refractivity contribution >= 4 is 22.1 Å². The predicted molar refractivity (Wildman–Crippen MR) is 72.2 cm³/mol. The summed E-state index contributed by atoms with van der Waals surface area (Å²) in [5.41, 5.74) is 0. The van der Waals surface area contributed by atoms with Crippen LogP contribution in [0.15, 0.2) is 0 Å². The quantitative estimate of drug-likeness (QED) is 0.571. The van der Waals surface area contributed by atoms with E-state index in [-0.39, 0.29) is 18.9 Å². The number of aliphatic carboxylic acids is 1. The lowest BCUT2D eigenvalue weighted by molar-refractivity contribution is -0.141. The fraction of sp³-hybridized carbons (Fsp3) is 0.818. The van der Waals surface area contributed by atoms with Gasteiger partial charge in [-0.3, -0.25) is 9.59 Å². The van der Waals surface area contributed by atoms with Gasteiger partial charge in [0, 0.05) is 13.6 Å². The van der Waals surface area contributed by atoms with Crippen LogP contribution in [0.1, 0.15) is 26.7 Å². The Morgan fingerprint density at radius 1 is 1.40 bits per heavy atom. The SMILES string of the molecule is CC[C@H](C)[C@H](NS(=O)(=O)N(C)CCC(=O)OC)C(=O)O. The monoisotopic (exact) mass is 310 g/mol. The minimum atomic E-state index is -3.97. The second-order valence-corrected chi connectivity index (χ2v) is 6.28. The molecule has 0 amide bonds. The number of carboxylic acid groups (broad SMARTS) is 1. The average molecular weight is 310 g/mol. The van der Waals surface area contributed by atoms with Crippen molar-refractivity contribution < 1.29 is 27.9 Å². The van der Waals surface area contributed by atoms with Crippen molar-refractivity contribution in [2.75, 3.05) is 20.7 Å². The van der Waals surface area contributed by atoms with Crippen LogP contribution in [0.3, 0.4) is 0 Å². The van der Waals surface area contributed by atoms with E-state index in [2.05, 4.69) is 9.46 Å². The van der Waals surface area contributed by atoms with Crippen LogP contribution in [0.2, 0.25) is 0 Å². The van der Waals surface area contributed by atoms with Gasteiger partial charge in [0.05, 0.1) is 13.5 Å². The van der Waals surface area contributed by atoms with Crippen LogP contribution in [0, 0.1) is 5.92 Å². The standard InChI is InChI=1S/C11H22N2O6S/c1-5-8(2)10(11(15)16)12-20(17,18)13(3)7-6-9(14)19-4/h8,10,12H,5-7H2,1-4H3,(H,15,16)/t8-,10-/m0/s1. The molecule has 0 heterocycles. The van der Waals surface area contributed by atoms with E-state index < -0.39 is 28.2 Å². The molecule has 0 rings (SSSR count). The molecule has 20 heavy (non-hydrogen) atoms. The first-order chi connectivity index (χ1) is 9.15. The molecule has 0 saturated carbocycles. The first kappa shape index (κ1) is 18.8. The number of carboxylic acids is 1. The van der Waals surface area contributed by atoms with E-state index in [1.807, 2.05) is 0 Å². The number of hydrogen-bond acceptors (Lipinski definition) is 5. The number of ether oxygens (including phenoxy) is 1. The van der Waals surface area contributed by atoms with E-state index in [1.165, 1.54) is 14.2 Å². The van der Waals surface area contributed by atoms with Crippen molar-refractivity contribution in [3.63, 3.8) is 0 Å². The molecule has 0 fully saturated rings. The average Bonchev–Trinajstić information content (AvgIpc) is 2.40. The maximum absolute atomic E-state index is 12.0. The summed E-state index contributed by atoms with van der Waals surface area (Å²) in [4.78, 5) is 22.1. The van der Waals surface area contributed by atoms with Crippen molar-refractivity contribution in [2.24, 2.45) is 5.92 Å². The zero-order chi connectivity index (χ0) is 15.9. The van der Waals surface area contributed by atoms with E-state index in [9.17, 15) is 18.0 Å². The van der Waals surface area contributed by atoms with Gasteiger partial charge in [0.25, 0.3) is 10.2 Å². The van der Waals surface area contributed by atoms with Crippen LogP contribution in [-0.2, 0) is 24.5 Å². The molecule has 2 N–H and O–H groups in total. The molecule has 0 aliphatic heterocycles. The van der Waals surface area contributed by atoms with Gasteiger partial charge in [-0.05, 0) is 5.92 Å². The van der Waals surface area contributed by atoms with Crippen LogP contribution >= 0.6 is 0 Å². The minimum absolute atomic E-state index is 0.0884. The highest BCUT2D eigenvalue weighted by molar-refractivity contribution is 7.87. The fourth-order valence-electron chi connectivity index (χ4n) is 1.37. The Kier molecular flexibility index (Phi) is 7.69. The first-order valence-corrected chi connectivity index (χ1v) is 7.62. The van der Waals surface area contributed by atoms with Gasteiger partial charge in [0.1, 0.15) is 6.04 Å². The van der Waals surface area contributed by atoms with E-state index in [1.54, 1.807) is 13.8 Å². The van der Waals surface area contributed by atoms with Crippen molar-refractivity contribution in [2.45, 2.75) is 32.7 Å². The number of nitrogens with zero attached hydrogens (tertiary/aromatic N) is 1. The summed E-state index contributed by atoms with van der Waals surface area (Å²) >= 11 is 0. The van der Waals surface area contributed by atoms with Crippen LogP contribution < -0.4 is 4.72 Å². The number of carbonyl (C=O) groups excluding carboxylic acids is 1. The highest BCUT2D eigenvalue weighted by Crippen LogP contribution is 2.10. The molecule has 0 unspecified atom stereocenters. The lowest BCUT2D eigenvalue weighted by atomic mass is 10.0. The highest BCUT2D eigenvalue weighted by Gasteiger charge is 2.30. The summed E-state index contributed by atoms with van der Waals surface area (Å²) in [7, 11) is -1.50. The van der Waals surface area contributed by atoms with Crippen molar-refractivity contribution in [1.82, 2.24) is 9.03 Å². The van der Waals surface area contributed by atoms with Gasteiger partial charge in [-0.1, -0.05) is 20.3 Å². The molecule has 2 atom stereocenters. The molecule has 0 radical (unpaired) electrons. The summed E-state index contributed by atoms with van der Waals surface area (Å²) < 4.78 is 31.4. The van der Waals surface area contributed by atoms with E-state index >= 15 is 0 Å². The number of nitrogens with one attached hydrogen (secondary N) is 1. The van der Waals surface area contributed by atoms with Gasteiger partial charge in [-0.25, -0.2) is 0 Å². The lowest BCUT2D eigenvalue weighted by Crippen LogP contribution is -2.50. The number of methoxy groups -OCH3 is 1. The number of esters is 1. The van der Waals surface area contributed by atoms with Gasteiger partial charge >= 0.3 is 11.9 Å². The molecular formula is C11H22N2O6S. The zero-order valence-electron chi connectivity index (χ0n) is 12.1. The summed E-state index contributed by atoms with van der Waals surface area (Å²) in [6, 6.07) is -1.20. The van der Waals surface area contributed by atoms with Gasteiger partial charge in [-0.15, -0.1) is 0 Å². The molecule has 0 aliphatic rings. The van der Waals surface area contributed by atoms with Crippen LogP contribution in [0.4, 0.5) is 0 Å². The minimum Gasteiger partial charge on any atom is -0.480 e. The molecule has 0 spiro atoms. The summed E-state index contributed by atoms with van der Waals surface area (Å²) in [6.07, 6.45) is 0.417. The van der Waals surface area contributed by atoms with Crippen molar-refractivity contribution in [3.8, 4) is 0 Å². The van der Waals surface area contributed by atoms with Crippen molar-refractivity contribution in [1.29, 1.82) is 0 Å². The van der Waals surface area contributed by atoms with Gasteiger partial charge in [-0.2, -0.15) is 17.4 Å². The fourth-order valence-corrected chi connectivity index (χ4v) is 2.53. The Morgan fingerprint density at radius 3 is 2.35 bits per heavy atom. The molecule has 118 valence electrons. The molecule has 8 nitrogen and oxygen atoms in total. The second kappa shape index (κ2) is 8.18. The molecule has 0 saturated heterocycles. The molecule has 0 aliphatic carbocycles. The van der Waals surface area contributed by atoms with Gasteiger partial charge in [0.2, 0.25) is 0 Å². The summed E-state index contributed by atoms with van der Waals surface area (Å²) in [6.45, 7) is 3.33. The highest BCUT2D eigenvalue weighted by atomic mass is 32.2. The van der Waals surface area contributed by atoms with Crippen LogP contribution in [0.25, 0.3) is 0 Å². The lowest BCUT2D eigenvalue weighted by Gasteiger charge is -2.24. The Balaban J connectivity index is 4.77. The number of carbonyl (C=O) groups is 2. The molecular weight excluding hydrogens is 288 g/mol. The van der Waals surface area contributed by atoms with Crippen molar-refractivity contribution in [3.05, 3.63) is 0 Å². The molecule has 0 aromatic carbocycles. The Hall–Kier alpha value is -1.19. The predicted octanol–water partition coefficient (Wildman–Crippen LogP) is -0.185. The summed E-state index contributed by atoms with van der Waals surface area (Å²) in [5.74, 6) is -2.12. The first-order valence-electron chi connectivity index (χ1n) is 6.18. The molecule has 0 bridgehead atoms. The largest absolute Gasteiger partial charge is 0.480 e. The Bertz CT molecular complexity index is 436. The van der Waals surface area contributed by atoms with E-state index in [4.69, 9.17) is 5.11 Å². The molecule has 9 heteroatoms. The number of rotatable bonds is 9. The smallest absolute Gasteiger partial charge is 0.322 e. The second-order valence-electron chi connectivity index (χ2n) is 4.47. The Labute approximate surface area is 119 Å². The maximum atomic E-state index is 12.0. The van der Waals surface area contributed by atoms with Crippen LogP contribution in [0.5, 0.6) is 0 Å². The van der Waals surface area contributed by atoms with E-state index in [0.717, 1.165) is 4.31 Å². The third kappa shape index (κ3) is 5.85. The Morgan fingerprint density at radius 2 is 1.95 bits per heavy atom. The zero-order valence-corrected chi connectivity index (χ0v) is 12.9. The third-order valence-electron chi connectivity index (χ3n) is 3.02. The third-order valence-corrected chi connectivity index (χ3v) is 4.58. The van der Waals surface area contributed by atoms with Crippen LogP contribution in [-0.4, -0.2) is 56.5 Å². The molecule has 0 aromatic rings. The van der Waals surface area contributed by atoms with Gasteiger partial charge in [0.15, 0.2) is 0 Å². The summed E-state index contributed by atoms with van der Waals surface area (Å²) in [5, 5.41) is 9.06.